The van der Waals surface area contributed by atoms with Crippen molar-refractivity contribution in [2.45, 2.75) is 18.9 Å². The van der Waals surface area contributed by atoms with Crippen LogP contribution >= 0.6 is 23.4 Å². The van der Waals surface area contributed by atoms with Crippen molar-refractivity contribution in [3.63, 3.8) is 0 Å². The number of carbonyl (C=O) groups excluding carboxylic acids is 1. The van der Waals surface area contributed by atoms with E-state index in [1.165, 1.54) is 4.90 Å². The molecule has 1 amide bonds. The first-order chi connectivity index (χ1) is 7.60. The van der Waals surface area contributed by atoms with E-state index in [9.17, 15) is 9.59 Å². The predicted octanol–water partition coefficient (Wildman–Crippen LogP) is 1.28. The molecule has 0 aromatic heterocycles. The molecular weight excluding hydrogens is 250 g/mol. The van der Waals surface area contributed by atoms with Gasteiger partial charge in [0.2, 0.25) is 5.91 Å². The molecule has 6 heteroatoms. The molecule has 92 valence electrons. The molecule has 1 fully saturated rings. The zero-order chi connectivity index (χ0) is 12.1. The number of hydrogen-bond acceptors (Lipinski definition) is 3. The molecule has 2 unspecified atom stereocenters. The Labute approximate surface area is 104 Å². The first kappa shape index (κ1) is 13.6. The molecule has 0 aliphatic carbocycles. The van der Waals surface area contributed by atoms with Crippen LogP contribution < -0.4 is 0 Å². The minimum Gasteiger partial charge on any atom is -0.480 e. The molecule has 1 aliphatic heterocycles. The number of aliphatic carboxylic acids is 1. The molecule has 0 radical (unpaired) electrons. The Kier molecular flexibility index (Phi) is 5.41. The largest absolute Gasteiger partial charge is 0.480 e. The summed E-state index contributed by atoms with van der Waals surface area (Å²) in [7, 11) is 0. The number of thioether (sulfide) groups is 1. The van der Waals surface area contributed by atoms with Crippen LogP contribution in [-0.2, 0) is 9.59 Å². The topological polar surface area (TPSA) is 57.6 Å². The molecule has 0 bridgehead atoms. The van der Waals surface area contributed by atoms with E-state index in [1.807, 2.05) is 6.26 Å². The monoisotopic (exact) mass is 265 g/mol. The highest BCUT2D eigenvalue weighted by Gasteiger charge is 2.36. The number of alkyl halides is 1. The second kappa shape index (κ2) is 6.35. The Hall–Kier alpha value is -0.420. The number of halogens is 1. The van der Waals surface area contributed by atoms with E-state index >= 15 is 0 Å². The van der Waals surface area contributed by atoms with Crippen LogP contribution in [0.2, 0.25) is 0 Å². The van der Waals surface area contributed by atoms with Crippen molar-refractivity contribution in [2.24, 2.45) is 5.92 Å². The van der Waals surface area contributed by atoms with Crippen LogP contribution in [0.5, 0.6) is 0 Å². The normalized spacial score (nSPS) is 22.5. The second-order valence-electron chi connectivity index (χ2n) is 3.91. The Bertz CT molecular complexity index is 275. The van der Waals surface area contributed by atoms with E-state index in [0.29, 0.717) is 25.3 Å². The third-order valence-electron chi connectivity index (χ3n) is 2.71. The van der Waals surface area contributed by atoms with Crippen molar-refractivity contribution < 1.29 is 14.7 Å². The smallest absolute Gasteiger partial charge is 0.326 e. The van der Waals surface area contributed by atoms with Crippen molar-refractivity contribution >= 4 is 35.2 Å². The Morgan fingerprint density at radius 1 is 1.75 bits per heavy atom. The molecule has 1 saturated heterocycles. The van der Waals surface area contributed by atoms with Crippen LogP contribution in [-0.4, -0.2) is 52.4 Å². The molecule has 0 aromatic carbocycles. The lowest BCUT2D eigenvalue weighted by atomic mass is 10.1. The van der Waals surface area contributed by atoms with E-state index in [4.69, 9.17) is 16.7 Å². The van der Waals surface area contributed by atoms with Crippen molar-refractivity contribution in [1.82, 2.24) is 4.90 Å². The van der Waals surface area contributed by atoms with Crippen molar-refractivity contribution in [3.05, 3.63) is 0 Å². The molecule has 0 aromatic rings. The van der Waals surface area contributed by atoms with Gasteiger partial charge in [-0.05, 0) is 24.3 Å². The molecule has 16 heavy (non-hydrogen) atoms. The summed E-state index contributed by atoms with van der Waals surface area (Å²) in [5, 5.41) is 9.10. The van der Waals surface area contributed by atoms with Crippen molar-refractivity contribution in [1.29, 1.82) is 0 Å². The fraction of sp³-hybridized carbons (Fsp3) is 0.800. The van der Waals surface area contributed by atoms with Crippen LogP contribution in [0.15, 0.2) is 0 Å². The molecule has 1 N–H and O–H groups in total. The van der Waals surface area contributed by atoms with Crippen LogP contribution in [0.4, 0.5) is 0 Å². The lowest BCUT2D eigenvalue weighted by Crippen LogP contribution is -2.42. The van der Waals surface area contributed by atoms with E-state index in [1.54, 1.807) is 11.8 Å². The third kappa shape index (κ3) is 3.28. The first-order valence-corrected chi connectivity index (χ1v) is 7.10. The van der Waals surface area contributed by atoms with Gasteiger partial charge < -0.3 is 10.0 Å². The number of amides is 1. The second-order valence-corrected chi connectivity index (χ2v) is 5.20. The van der Waals surface area contributed by atoms with Gasteiger partial charge in [-0.25, -0.2) is 4.79 Å². The van der Waals surface area contributed by atoms with Gasteiger partial charge in [0.05, 0.1) is 0 Å². The fourth-order valence-corrected chi connectivity index (χ4v) is 2.52. The Morgan fingerprint density at radius 3 is 2.88 bits per heavy atom. The lowest BCUT2D eigenvalue weighted by molar-refractivity contribution is -0.148. The highest BCUT2D eigenvalue weighted by Crippen LogP contribution is 2.23. The number of nitrogens with zero attached hydrogens (tertiary/aromatic N) is 1. The summed E-state index contributed by atoms with van der Waals surface area (Å²) < 4.78 is 0. The summed E-state index contributed by atoms with van der Waals surface area (Å²) in [5.41, 5.74) is 0. The van der Waals surface area contributed by atoms with Crippen LogP contribution in [0.1, 0.15) is 12.8 Å². The third-order valence-corrected chi connectivity index (χ3v) is 3.79. The van der Waals surface area contributed by atoms with Gasteiger partial charge in [-0.15, -0.1) is 11.6 Å². The highest BCUT2D eigenvalue weighted by atomic mass is 35.5. The molecule has 0 spiro atoms. The summed E-state index contributed by atoms with van der Waals surface area (Å²) in [4.78, 5) is 24.2. The number of likely N-dealkylation sites (tertiary alicyclic amines) is 1. The van der Waals surface area contributed by atoms with Gasteiger partial charge in [0.25, 0.3) is 0 Å². The summed E-state index contributed by atoms with van der Waals surface area (Å²) in [6.45, 7) is 0.480. The molecular formula is C10H16ClNO3S. The van der Waals surface area contributed by atoms with Crippen LogP contribution in [0, 0.1) is 5.92 Å². The van der Waals surface area contributed by atoms with Gasteiger partial charge in [-0.3, -0.25) is 4.79 Å². The minimum atomic E-state index is -0.919. The summed E-state index contributed by atoms with van der Waals surface area (Å²) in [6, 6.07) is -0.687. The number of carboxylic acids is 1. The molecule has 1 heterocycles. The summed E-state index contributed by atoms with van der Waals surface area (Å²) in [6.07, 6.45) is 2.80. The average molecular weight is 266 g/mol. The van der Waals surface area contributed by atoms with E-state index in [-0.39, 0.29) is 11.8 Å². The van der Waals surface area contributed by atoms with Gasteiger partial charge in [-0.1, -0.05) is 0 Å². The van der Waals surface area contributed by atoms with Crippen molar-refractivity contribution in [3.8, 4) is 0 Å². The van der Waals surface area contributed by atoms with Gasteiger partial charge in [0.15, 0.2) is 0 Å². The average Bonchev–Trinajstić information content (AvgIpc) is 2.60. The van der Waals surface area contributed by atoms with E-state index in [2.05, 4.69) is 0 Å². The molecule has 1 rings (SSSR count). The summed E-state index contributed by atoms with van der Waals surface area (Å²) >= 11 is 7.28. The quantitative estimate of drug-likeness (QED) is 0.735. The SMILES string of the molecule is CSCCC(C(=O)O)N1CC(CCl)CC1=O. The fourth-order valence-electron chi connectivity index (χ4n) is 1.86. The van der Waals surface area contributed by atoms with E-state index < -0.39 is 12.0 Å². The Balaban J connectivity index is 2.64. The number of rotatable bonds is 6. The molecule has 0 saturated carbocycles. The van der Waals surface area contributed by atoms with Crippen LogP contribution in [0.3, 0.4) is 0 Å². The summed E-state index contributed by atoms with van der Waals surface area (Å²) in [5.74, 6) is 0.255. The maximum atomic E-state index is 11.6. The molecule has 2 atom stereocenters. The first-order valence-electron chi connectivity index (χ1n) is 5.17. The Morgan fingerprint density at radius 2 is 2.44 bits per heavy atom. The number of carboxylic acid groups (broad SMARTS) is 1. The molecule has 4 nitrogen and oxygen atoms in total. The zero-order valence-corrected chi connectivity index (χ0v) is 10.8. The predicted molar refractivity (Wildman–Crippen MR) is 65.0 cm³/mol. The standard InChI is InChI=1S/C10H16ClNO3S/c1-16-3-2-8(10(14)15)12-6-7(5-11)4-9(12)13/h7-8H,2-6H2,1H3,(H,14,15). The maximum Gasteiger partial charge on any atom is 0.326 e. The number of hydrogen-bond donors (Lipinski definition) is 1. The van der Waals surface area contributed by atoms with Crippen molar-refractivity contribution in [2.75, 3.05) is 24.4 Å². The molecule has 1 aliphatic rings. The lowest BCUT2D eigenvalue weighted by Gasteiger charge is -2.24. The number of carbonyl (C=O) groups is 2. The minimum absolute atomic E-state index is 0.0841. The van der Waals surface area contributed by atoms with Gasteiger partial charge >= 0.3 is 5.97 Å². The van der Waals surface area contributed by atoms with Gasteiger partial charge in [-0.2, -0.15) is 11.8 Å². The van der Waals surface area contributed by atoms with E-state index in [0.717, 1.165) is 5.75 Å². The zero-order valence-electron chi connectivity index (χ0n) is 9.19. The highest BCUT2D eigenvalue weighted by molar-refractivity contribution is 7.98. The van der Waals surface area contributed by atoms with Crippen LogP contribution in [0.25, 0.3) is 0 Å². The van der Waals surface area contributed by atoms with Gasteiger partial charge in [0, 0.05) is 18.8 Å². The maximum absolute atomic E-state index is 11.6. The van der Waals surface area contributed by atoms with Gasteiger partial charge in [0.1, 0.15) is 6.04 Å².